The molecule has 0 aliphatic carbocycles. The zero-order chi connectivity index (χ0) is 16.7. The Morgan fingerprint density at radius 3 is 2.41 bits per heavy atom. The lowest BCUT2D eigenvalue weighted by atomic mass is 9.93. The number of carboxylic acid groups (broad SMARTS) is 1. The van der Waals surface area contributed by atoms with Crippen molar-refractivity contribution in [2.45, 2.75) is 47.5 Å². The Balaban J connectivity index is 2.69. The lowest BCUT2D eigenvalue weighted by Gasteiger charge is -2.12. The van der Waals surface area contributed by atoms with Crippen molar-refractivity contribution in [1.29, 1.82) is 0 Å². The summed E-state index contributed by atoms with van der Waals surface area (Å²) in [5.74, 6) is -0.909. The monoisotopic (exact) mass is 298 g/mol. The van der Waals surface area contributed by atoms with Crippen LogP contribution < -0.4 is 0 Å². The van der Waals surface area contributed by atoms with Gasteiger partial charge in [-0.1, -0.05) is 35.9 Å². The first kappa shape index (κ1) is 18.0. The van der Waals surface area contributed by atoms with Crippen molar-refractivity contribution in [3.8, 4) is 0 Å². The van der Waals surface area contributed by atoms with Gasteiger partial charge in [-0.3, -0.25) is 0 Å². The van der Waals surface area contributed by atoms with Crippen molar-refractivity contribution < 1.29 is 9.90 Å². The fraction of sp³-hybridized carbons (Fsp3) is 0.350. The van der Waals surface area contributed by atoms with Gasteiger partial charge in [0.05, 0.1) is 0 Å². The summed E-state index contributed by atoms with van der Waals surface area (Å²) in [5.41, 5.74) is 7.56. The van der Waals surface area contributed by atoms with E-state index >= 15 is 0 Å². The summed E-state index contributed by atoms with van der Waals surface area (Å²) in [6, 6.07) is 4.37. The fourth-order valence-corrected chi connectivity index (χ4v) is 2.41. The summed E-state index contributed by atoms with van der Waals surface area (Å²) in [4.78, 5) is 10.5. The molecule has 0 amide bonds. The summed E-state index contributed by atoms with van der Waals surface area (Å²) in [6.45, 7) is 10.4. The van der Waals surface area contributed by atoms with E-state index in [-0.39, 0.29) is 0 Å². The van der Waals surface area contributed by atoms with Gasteiger partial charge in [-0.2, -0.15) is 0 Å². The molecular formula is C20H26O2. The molecule has 1 rings (SSSR count). The first-order valence-corrected chi connectivity index (χ1v) is 7.62. The highest BCUT2D eigenvalue weighted by Gasteiger charge is 2.05. The highest BCUT2D eigenvalue weighted by atomic mass is 16.4. The fourth-order valence-electron chi connectivity index (χ4n) is 2.41. The van der Waals surface area contributed by atoms with Crippen LogP contribution in [0.2, 0.25) is 0 Å². The van der Waals surface area contributed by atoms with Crippen molar-refractivity contribution in [3.63, 3.8) is 0 Å². The van der Waals surface area contributed by atoms with E-state index in [0.29, 0.717) is 0 Å². The number of benzene rings is 1. The van der Waals surface area contributed by atoms with Gasteiger partial charge in [-0.05, 0) is 75.3 Å². The number of aliphatic carboxylic acids is 1. The maximum atomic E-state index is 10.5. The van der Waals surface area contributed by atoms with Crippen molar-refractivity contribution in [3.05, 3.63) is 69.8 Å². The van der Waals surface area contributed by atoms with Crippen molar-refractivity contribution in [2.75, 3.05) is 0 Å². The Hall–Kier alpha value is -2.09. The molecule has 2 nitrogen and oxygen atoms in total. The number of allylic oxidation sites excluding steroid dienone is 5. The molecule has 0 saturated carbocycles. The SMILES string of the molecule is CC(/C=C/C=C(\C)CCc1c(C)ccc(C)c1C)=C\C(=O)O. The Bertz CT molecular complexity index is 631. The highest BCUT2D eigenvalue weighted by molar-refractivity contribution is 5.81. The minimum atomic E-state index is -0.909. The quantitative estimate of drug-likeness (QED) is 0.587. The van der Waals surface area contributed by atoms with Crippen LogP contribution in [0.4, 0.5) is 0 Å². The van der Waals surface area contributed by atoms with Gasteiger partial charge < -0.3 is 5.11 Å². The van der Waals surface area contributed by atoms with Gasteiger partial charge in [0.2, 0.25) is 0 Å². The molecule has 0 aliphatic rings. The van der Waals surface area contributed by atoms with Crippen LogP contribution in [0, 0.1) is 20.8 Å². The maximum absolute atomic E-state index is 10.5. The van der Waals surface area contributed by atoms with Crippen molar-refractivity contribution >= 4 is 5.97 Å². The largest absolute Gasteiger partial charge is 0.478 e. The van der Waals surface area contributed by atoms with Crippen LogP contribution in [0.5, 0.6) is 0 Å². The molecule has 0 aromatic heterocycles. The third-order valence-corrected chi connectivity index (χ3v) is 3.96. The third-order valence-electron chi connectivity index (χ3n) is 3.96. The van der Waals surface area contributed by atoms with Crippen LogP contribution in [0.25, 0.3) is 0 Å². The Morgan fingerprint density at radius 2 is 1.77 bits per heavy atom. The Kier molecular flexibility index (Phi) is 6.84. The average Bonchev–Trinajstić information content (AvgIpc) is 2.42. The van der Waals surface area contributed by atoms with Crippen LogP contribution in [0.15, 0.2) is 47.6 Å². The molecule has 0 unspecified atom stereocenters. The minimum Gasteiger partial charge on any atom is -0.478 e. The molecule has 0 fully saturated rings. The van der Waals surface area contributed by atoms with Gasteiger partial charge in [0.25, 0.3) is 0 Å². The number of hydrogen-bond acceptors (Lipinski definition) is 1. The molecule has 0 atom stereocenters. The second-order valence-corrected chi connectivity index (χ2v) is 5.90. The molecule has 2 heteroatoms. The first-order valence-electron chi connectivity index (χ1n) is 7.62. The van der Waals surface area contributed by atoms with E-state index in [1.54, 1.807) is 6.92 Å². The van der Waals surface area contributed by atoms with E-state index in [4.69, 9.17) is 5.11 Å². The summed E-state index contributed by atoms with van der Waals surface area (Å²) >= 11 is 0. The molecule has 1 N–H and O–H groups in total. The normalized spacial score (nSPS) is 13.0. The van der Waals surface area contributed by atoms with Crippen molar-refractivity contribution in [2.24, 2.45) is 0 Å². The number of hydrogen-bond donors (Lipinski definition) is 1. The van der Waals surface area contributed by atoms with E-state index in [2.05, 4.69) is 45.9 Å². The van der Waals surface area contributed by atoms with E-state index in [1.165, 1.54) is 33.9 Å². The number of aryl methyl sites for hydroxylation is 2. The molecule has 0 bridgehead atoms. The molecule has 0 heterocycles. The average molecular weight is 298 g/mol. The second kappa shape index (κ2) is 8.38. The van der Waals surface area contributed by atoms with E-state index in [0.717, 1.165) is 18.4 Å². The summed E-state index contributed by atoms with van der Waals surface area (Å²) < 4.78 is 0. The van der Waals surface area contributed by atoms with E-state index < -0.39 is 5.97 Å². The third kappa shape index (κ3) is 5.72. The van der Waals surface area contributed by atoms with E-state index in [1.807, 2.05) is 12.2 Å². The van der Waals surface area contributed by atoms with Gasteiger partial charge >= 0.3 is 5.97 Å². The lowest BCUT2D eigenvalue weighted by Crippen LogP contribution is -1.97. The number of carbonyl (C=O) groups is 1. The smallest absolute Gasteiger partial charge is 0.328 e. The molecule has 0 spiro atoms. The number of carboxylic acids is 1. The molecular weight excluding hydrogens is 272 g/mol. The van der Waals surface area contributed by atoms with E-state index in [9.17, 15) is 4.79 Å². The molecule has 0 aliphatic heterocycles. The standard InChI is InChI=1S/C20H26O2/c1-14(7-6-8-15(2)13-20(21)22)9-12-19-17(4)11-10-16(3)18(19)5/h6-8,10-11,13H,9,12H2,1-5H3,(H,21,22)/b8-6+,14-7+,15-13+. The van der Waals surface area contributed by atoms with Gasteiger partial charge in [0.1, 0.15) is 0 Å². The second-order valence-electron chi connectivity index (χ2n) is 5.90. The van der Waals surface area contributed by atoms with Crippen molar-refractivity contribution in [1.82, 2.24) is 0 Å². The van der Waals surface area contributed by atoms with Crippen LogP contribution in [0.1, 0.15) is 42.5 Å². The molecule has 0 radical (unpaired) electrons. The zero-order valence-corrected chi connectivity index (χ0v) is 14.2. The van der Waals surface area contributed by atoms with Crippen LogP contribution >= 0.6 is 0 Å². The van der Waals surface area contributed by atoms with Crippen LogP contribution in [-0.4, -0.2) is 11.1 Å². The number of rotatable bonds is 6. The lowest BCUT2D eigenvalue weighted by molar-refractivity contribution is -0.131. The topological polar surface area (TPSA) is 37.3 Å². The van der Waals surface area contributed by atoms with Gasteiger partial charge in [-0.25, -0.2) is 4.79 Å². The predicted molar refractivity (Wildman–Crippen MR) is 93.3 cm³/mol. The maximum Gasteiger partial charge on any atom is 0.328 e. The van der Waals surface area contributed by atoms with Crippen LogP contribution in [-0.2, 0) is 11.2 Å². The highest BCUT2D eigenvalue weighted by Crippen LogP contribution is 2.20. The molecule has 1 aromatic carbocycles. The van der Waals surface area contributed by atoms with Crippen LogP contribution in [0.3, 0.4) is 0 Å². The van der Waals surface area contributed by atoms with Gasteiger partial charge in [0.15, 0.2) is 0 Å². The summed E-state index contributed by atoms with van der Waals surface area (Å²) in [7, 11) is 0. The molecule has 0 saturated heterocycles. The summed E-state index contributed by atoms with van der Waals surface area (Å²) in [6.07, 6.45) is 9.05. The molecule has 22 heavy (non-hydrogen) atoms. The summed E-state index contributed by atoms with van der Waals surface area (Å²) in [5, 5.41) is 8.65. The van der Waals surface area contributed by atoms with Gasteiger partial charge in [0, 0.05) is 6.08 Å². The first-order chi connectivity index (χ1) is 10.3. The minimum absolute atomic E-state index is 0.738. The molecule has 118 valence electrons. The Morgan fingerprint density at radius 1 is 1.14 bits per heavy atom. The predicted octanol–water partition coefficient (Wildman–Crippen LogP) is 5.08. The van der Waals surface area contributed by atoms with Gasteiger partial charge in [-0.15, -0.1) is 0 Å². The zero-order valence-electron chi connectivity index (χ0n) is 14.2. The molecule has 1 aromatic rings. The Labute approximate surface area is 133 Å².